The first-order chi connectivity index (χ1) is 38.0. The second-order valence-electron chi connectivity index (χ2n) is 22.0. The Kier molecular flexibility index (Phi) is 62.2. The lowest BCUT2D eigenvalue weighted by Gasteiger charge is -2.18. The van der Waals surface area contributed by atoms with Gasteiger partial charge in [0.1, 0.15) is 13.2 Å². The van der Waals surface area contributed by atoms with Gasteiger partial charge in [-0.3, -0.25) is 14.4 Å². The highest BCUT2D eigenvalue weighted by Gasteiger charge is 2.19. The molecule has 0 aliphatic heterocycles. The fourth-order valence-electron chi connectivity index (χ4n) is 9.32. The van der Waals surface area contributed by atoms with E-state index in [0.717, 1.165) is 116 Å². The average Bonchev–Trinajstić information content (AvgIpc) is 3.43. The molecule has 6 heteroatoms. The normalized spacial score (nSPS) is 12.6. The molecule has 0 aromatic carbocycles. The van der Waals surface area contributed by atoms with Crippen LogP contribution < -0.4 is 0 Å². The van der Waals surface area contributed by atoms with Crippen LogP contribution in [0, 0.1) is 0 Å². The smallest absolute Gasteiger partial charge is 0.306 e. The van der Waals surface area contributed by atoms with E-state index in [1.807, 2.05) is 0 Å². The Labute approximate surface area is 477 Å². The van der Waals surface area contributed by atoms with Crippen LogP contribution >= 0.6 is 0 Å². The highest BCUT2D eigenvalue weighted by Crippen LogP contribution is 2.16. The first-order valence-electron chi connectivity index (χ1n) is 33.1. The summed E-state index contributed by atoms with van der Waals surface area (Å²) in [6.45, 7) is 6.58. The van der Waals surface area contributed by atoms with E-state index >= 15 is 0 Å². The number of hydrogen-bond acceptors (Lipinski definition) is 6. The summed E-state index contributed by atoms with van der Waals surface area (Å²) >= 11 is 0. The predicted molar refractivity (Wildman–Crippen MR) is 334 cm³/mol. The molecule has 0 heterocycles. The molecule has 77 heavy (non-hydrogen) atoms. The van der Waals surface area contributed by atoms with Crippen LogP contribution in [0.4, 0.5) is 0 Å². The van der Waals surface area contributed by atoms with Crippen LogP contribution in [0.25, 0.3) is 0 Å². The molecule has 0 aromatic heterocycles. The van der Waals surface area contributed by atoms with Gasteiger partial charge in [-0.05, 0) is 116 Å². The van der Waals surface area contributed by atoms with Crippen molar-refractivity contribution in [3.05, 3.63) is 85.1 Å². The third kappa shape index (κ3) is 63.3. The largest absolute Gasteiger partial charge is 0.462 e. The Morgan fingerprint density at radius 3 is 0.779 bits per heavy atom. The summed E-state index contributed by atoms with van der Waals surface area (Å²) in [5, 5.41) is 0. The third-order valence-electron chi connectivity index (χ3n) is 14.3. The summed E-state index contributed by atoms with van der Waals surface area (Å²) in [6.07, 6.45) is 86.0. The van der Waals surface area contributed by atoms with Crippen molar-refractivity contribution in [2.75, 3.05) is 13.2 Å². The van der Waals surface area contributed by atoms with Crippen molar-refractivity contribution in [3.63, 3.8) is 0 Å². The highest BCUT2D eigenvalue weighted by atomic mass is 16.6. The standard InChI is InChI=1S/C71H124O6/c1-4-7-10-13-16-19-22-25-28-30-31-32-33-34-35-36-37-38-39-40-41-42-44-46-49-52-55-58-61-64-70(73)76-67-68(66-75-69(72)63-60-57-54-51-48-45-27-24-21-18-15-12-9-6-3)77-71(74)65-62-59-56-53-50-47-43-29-26-23-20-17-14-11-8-5-2/h15,18,20,22-25,27,29-31,33-34,43,68H,4-14,16-17,19,21,26,28,32,35-42,44-67H2,1-3H3/b18-15-,23-20-,25-22-,27-24-,31-30-,34-33-,43-29-. The molecule has 0 N–H and O–H groups in total. The van der Waals surface area contributed by atoms with E-state index in [2.05, 4.69) is 106 Å². The van der Waals surface area contributed by atoms with Gasteiger partial charge >= 0.3 is 17.9 Å². The number of unbranched alkanes of at least 4 members (excludes halogenated alkanes) is 35. The monoisotopic (exact) mass is 1070 g/mol. The number of rotatable bonds is 60. The minimum Gasteiger partial charge on any atom is -0.462 e. The minimum absolute atomic E-state index is 0.0857. The van der Waals surface area contributed by atoms with Gasteiger partial charge in [-0.2, -0.15) is 0 Å². The summed E-state index contributed by atoms with van der Waals surface area (Å²) in [6, 6.07) is 0. The molecule has 0 bridgehead atoms. The van der Waals surface area contributed by atoms with Crippen molar-refractivity contribution < 1.29 is 28.6 Å². The zero-order chi connectivity index (χ0) is 55.7. The molecule has 6 nitrogen and oxygen atoms in total. The van der Waals surface area contributed by atoms with E-state index in [0.29, 0.717) is 19.3 Å². The zero-order valence-corrected chi connectivity index (χ0v) is 51.0. The van der Waals surface area contributed by atoms with Crippen molar-refractivity contribution in [2.45, 2.75) is 335 Å². The van der Waals surface area contributed by atoms with Crippen molar-refractivity contribution in [1.82, 2.24) is 0 Å². The molecular weight excluding hydrogens is 949 g/mol. The fraction of sp³-hybridized carbons (Fsp3) is 0.761. The lowest BCUT2D eigenvalue weighted by Crippen LogP contribution is -2.30. The molecule has 444 valence electrons. The molecule has 0 amide bonds. The summed E-state index contributed by atoms with van der Waals surface area (Å²) in [7, 11) is 0. The molecule has 1 unspecified atom stereocenters. The van der Waals surface area contributed by atoms with Gasteiger partial charge < -0.3 is 14.2 Å². The number of allylic oxidation sites excluding steroid dienone is 14. The summed E-state index contributed by atoms with van der Waals surface area (Å²) in [5.74, 6) is -0.903. The molecule has 0 spiro atoms. The first kappa shape index (κ1) is 73.6. The maximum absolute atomic E-state index is 12.9. The Hall–Kier alpha value is -3.41. The number of ether oxygens (including phenoxy) is 3. The van der Waals surface area contributed by atoms with E-state index in [1.165, 1.54) is 173 Å². The zero-order valence-electron chi connectivity index (χ0n) is 51.0. The summed E-state index contributed by atoms with van der Waals surface area (Å²) in [5.41, 5.74) is 0. The van der Waals surface area contributed by atoms with Crippen molar-refractivity contribution in [1.29, 1.82) is 0 Å². The van der Waals surface area contributed by atoms with Gasteiger partial charge in [-0.25, -0.2) is 0 Å². The Balaban J connectivity index is 4.26. The second kappa shape index (κ2) is 65.1. The summed E-state index contributed by atoms with van der Waals surface area (Å²) in [4.78, 5) is 38.3. The van der Waals surface area contributed by atoms with E-state index in [9.17, 15) is 14.4 Å². The van der Waals surface area contributed by atoms with Crippen LogP contribution in [0.15, 0.2) is 85.1 Å². The molecule has 0 rings (SSSR count). The minimum atomic E-state index is -0.791. The number of carbonyl (C=O) groups is 3. The maximum atomic E-state index is 12.9. The van der Waals surface area contributed by atoms with E-state index < -0.39 is 6.10 Å². The molecule has 0 radical (unpaired) electrons. The molecule has 0 aliphatic carbocycles. The lowest BCUT2D eigenvalue weighted by atomic mass is 10.0. The van der Waals surface area contributed by atoms with Gasteiger partial charge in [0.25, 0.3) is 0 Å². The number of esters is 3. The van der Waals surface area contributed by atoms with Crippen LogP contribution in [0.2, 0.25) is 0 Å². The van der Waals surface area contributed by atoms with Gasteiger partial charge in [0, 0.05) is 19.3 Å². The lowest BCUT2D eigenvalue weighted by molar-refractivity contribution is -0.167. The topological polar surface area (TPSA) is 78.9 Å². The summed E-state index contributed by atoms with van der Waals surface area (Å²) < 4.78 is 16.9. The Bertz CT molecular complexity index is 1470. The van der Waals surface area contributed by atoms with Gasteiger partial charge in [0.05, 0.1) is 0 Å². The molecule has 1 atom stereocenters. The Morgan fingerprint density at radius 1 is 0.260 bits per heavy atom. The van der Waals surface area contributed by atoms with Crippen LogP contribution in [-0.2, 0) is 28.6 Å². The van der Waals surface area contributed by atoms with Crippen LogP contribution in [-0.4, -0.2) is 37.2 Å². The first-order valence-corrected chi connectivity index (χ1v) is 33.1. The van der Waals surface area contributed by atoms with Gasteiger partial charge in [-0.15, -0.1) is 0 Å². The van der Waals surface area contributed by atoms with Crippen LogP contribution in [0.1, 0.15) is 329 Å². The van der Waals surface area contributed by atoms with E-state index in [1.54, 1.807) is 0 Å². The predicted octanol–water partition coefficient (Wildman–Crippen LogP) is 22.7. The molecule has 0 saturated carbocycles. The van der Waals surface area contributed by atoms with Crippen LogP contribution in [0.5, 0.6) is 0 Å². The molecule has 0 saturated heterocycles. The second-order valence-corrected chi connectivity index (χ2v) is 22.0. The SMILES string of the molecule is CCCC/C=C\C/C=C\CCCCCCCC(=O)OCC(COC(=O)CCCCCCCCCCCCCCCC/C=C\C/C=C\C/C=C\CCCCCCC)OC(=O)CCCCCCC/C=C\C/C=C\CCCCCC. The van der Waals surface area contributed by atoms with Crippen molar-refractivity contribution in [2.24, 2.45) is 0 Å². The highest BCUT2D eigenvalue weighted by molar-refractivity contribution is 5.71. The third-order valence-corrected chi connectivity index (χ3v) is 14.3. The van der Waals surface area contributed by atoms with Crippen LogP contribution in [0.3, 0.4) is 0 Å². The van der Waals surface area contributed by atoms with Crippen molar-refractivity contribution >= 4 is 17.9 Å². The quantitative estimate of drug-likeness (QED) is 0.0261. The fourth-order valence-corrected chi connectivity index (χ4v) is 9.32. The molecule has 0 aliphatic rings. The maximum Gasteiger partial charge on any atom is 0.306 e. The number of carbonyl (C=O) groups excluding carboxylic acids is 3. The molecule has 0 aromatic rings. The van der Waals surface area contributed by atoms with E-state index in [-0.39, 0.29) is 31.1 Å². The number of hydrogen-bond donors (Lipinski definition) is 0. The van der Waals surface area contributed by atoms with E-state index in [4.69, 9.17) is 14.2 Å². The molecular formula is C71H124O6. The Morgan fingerprint density at radius 2 is 0.481 bits per heavy atom. The van der Waals surface area contributed by atoms with Gasteiger partial charge in [0.15, 0.2) is 6.10 Å². The van der Waals surface area contributed by atoms with Gasteiger partial charge in [-0.1, -0.05) is 279 Å². The van der Waals surface area contributed by atoms with Crippen molar-refractivity contribution in [3.8, 4) is 0 Å². The molecule has 0 fully saturated rings. The van der Waals surface area contributed by atoms with Gasteiger partial charge in [0.2, 0.25) is 0 Å². The average molecular weight is 1070 g/mol.